The highest BCUT2D eigenvalue weighted by molar-refractivity contribution is 5.85. The van der Waals surface area contributed by atoms with E-state index >= 15 is 0 Å². The van der Waals surface area contributed by atoms with Crippen molar-refractivity contribution in [3.63, 3.8) is 0 Å². The molecule has 19 heavy (non-hydrogen) atoms. The minimum atomic E-state index is -0.598. The Morgan fingerprint density at radius 1 is 1.53 bits per heavy atom. The minimum absolute atomic E-state index is 0.286. The molecule has 0 saturated carbocycles. The second-order valence-corrected chi connectivity index (χ2v) is 4.10. The zero-order chi connectivity index (χ0) is 14.1. The van der Waals surface area contributed by atoms with Crippen LogP contribution in [0, 0.1) is 18.3 Å². The second-order valence-electron chi connectivity index (χ2n) is 4.10. The van der Waals surface area contributed by atoms with Gasteiger partial charge in [0.2, 0.25) is 0 Å². The fourth-order valence-corrected chi connectivity index (χ4v) is 1.59. The molecule has 0 bridgehead atoms. The van der Waals surface area contributed by atoms with E-state index in [4.69, 9.17) is 10.00 Å². The van der Waals surface area contributed by atoms with Crippen molar-refractivity contribution in [1.82, 2.24) is 0 Å². The zero-order valence-electron chi connectivity index (χ0n) is 11.3. The summed E-state index contributed by atoms with van der Waals surface area (Å²) in [5, 5.41) is 8.60. The average molecular weight is 258 g/mol. The maximum atomic E-state index is 11.7. The molecule has 0 radical (unpaired) electrons. The molecule has 100 valence electrons. The molecule has 4 nitrogen and oxygen atoms in total. The van der Waals surface area contributed by atoms with Crippen molar-refractivity contribution in [1.29, 1.82) is 5.26 Å². The molecular formula is C15H18N2O2. The molecule has 0 heterocycles. The van der Waals surface area contributed by atoms with E-state index in [0.29, 0.717) is 13.0 Å². The van der Waals surface area contributed by atoms with Crippen LogP contribution in [0.4, 0.5) is 0 Å². The van der Waals surface area contributed by atoms with E-state index in [-0.39, 0.29) is 12.4 Å². The molecule has 0 saturated heterocycles. The number of carbonyl (C=O) groups excluding carboxylic acids is 1. The highest BCUT2D eigenvalue weighted by Gasteiger charge is 2.17. The molecule has 0 amide bonds. The van der Waals surface area contributed by atoms with Gasteiger partial charge in [-0.25, -0.2) is 4.79 Å². The lowest BCUT2D eigenvalue weighted by molar-refractivity contribution is -0.144. The summed E-state index contributed by atoms with van der Waals surface area (Å²) in [5.74, 6) is -0.373. The predicted molar refractivity (Wildman–Crippen MR) is 74.0 cm³/mol. The lowest BCUT2D eigenvalue weighted by atomic mass is 10.1. The summed E-state index contributed by atoms with van der Waals surface area (Å²) in [7, 11) is 0. The van der Waals surface area contributed by atoms with Crippen LogP contribution in [0.25, 0.3) is 0 Å². The van der Waals surface area contributed by atoms with Gasteiger partial charge in [-0.05, 0) is 31.4 Å². The predicted octanol–water partition coefficient (Wildman–Crippen LogP) is 2.65. The molecule has 1 rings (SSSR count). The van der Waals surface area contributed by atoms with Crippen LogP contribution in [-0.4, -0.2) is 24.8 Å². The highest BCUT2D eigenvalue weighted by Crippen LogP contribution is 2.08. The Morgan fingerprint density at radius 3 is 2.89 bits per heavy atom. The van der Waals surface area contributed by atoms with Gasteiger partial charge < -0.3 is 4.74 Å². The molecule has 1 atom stereocenters. The van der Waals surface area contributed by atoms with Crippen LogP contribution >= 0.6 is 0 Å². The van der Waals surface area contributed by atoms with Crippen molar-refractivity contribution < 1.29 is 9.53 Å². The third-order valence-corrected chi connectivity index (χ3v) is 2.67. The van der Waals surface area contributed by atoms with Gasteiger partial charge in [0.15, 0.2) is 0 Å². The monoisotopic (exact) mass is 258 g/mol. The Balaban J connectivity index is 2.79. The number of ether oxygens (including phenoxy) is 1. The maximum absolute atomic E-state index is 11.7. The molecule has 1 unspecified atom stereocenters. The molecule has 0 aromatic heterocycles. The number of esters is 1. The van der Waals surface area contributed by atoms with E-state index in [0.717, 1.165) is 11.1 Å². The van der Waals surface area contributed by atoms with Gasteiger partial charge >= 0.3 is 5.97 Å². The fourth-order valence-electron chi connectivity index (χ4n) is 1.59. The minimum Gasteiger partial charge on any atom is -0.464 e. The summed E-state index contributed by atoms with van der Waals surface area (Å²) < 4.78 is 4.96. The van der Waals surface area contributed by atoms with Gasteiger partial charge in [0.25, 0.3) is 0 Å². The van der Waals surface area contributed by atoms with Gasteiger partial charge in [-0.15, -0.1) is 0 Å². The van der Waals surface area contributed by atoms with Crippen LogP contribution in [0.2, 0.25) is 0 Å². The van der Waals surface area contributed by atoms with Gasteiger partial charge in [0, 0.05) is 12.6 Å². The summed E-state index contributed by atoms with van der Waals surface area (Å²) in [6, 6.07) is 9.21. The first kappa shape index (κ1) is 14.9. The first-order chi connectivity index (χ1) is 9.19. The number of aliphatic imine (C=N–C) groups is 1. The van der Waals surface area contributed by atoms with Crippen molar-refractivity contribution in [2.45, 2.75) is 32.7 Å². The van der Waals surface area contributed by atoms with Crippen LogP contribution in [0.15, 0.2) is 29.3 Å². The van der Waals surface area contributed by atoms with E-state index in [1.165, 1.54) is 0 Å². The summed E-state index contributed by atoms with van der Waals surface area (Å²) in [4.78, 5) is 16.0. The van der Waals surface area contributed by atoms with Crippen LogP contribution in [-0.2, 0) is 9.53 Å². The molecule has 0 aliphatic carbocycles. The third kappa shape index (κ3) is 4.92. The number of benzene rings is 1. The largest absolute Gasteiger partial charge is 0.464 e. The maximum Gasteiger partial charge on any atom is 0.330 e. The van der Waals surface area contributed by atoms with Crippen LogP contribution in [0.5, 0.6) is 0 Å². The smallest absolute Gasteiger partial charge is 0.330 e. The van der Waals surface area contributed by atoms with E-state index < -0.39 is 6.04 Å². The number of nitriles is 1. The highest BCUT2D eigenvalue weighted by atomic mass is 16.5. The van der Waals surface area contributed by atoms with E-state index in [9.17, 15) is 4.79 Å². The molecular weight excluding hydrogens is 240 g/mol. The van der Waals surface area contributed by atoms with Gasteiger partial charge in [-0.2, -0.15) is 5.26 Å². The Labute approximate surface area is 113 Å². The summed E-state index contributed by atoms with van der Waals surface area (Å²) in [5.41, 5.74) is 2.06. The van der Waals surface area contributed by atoms with Crippen molar-refractivity contribution in [3.05, 3.63) is 35.4 Å². The van der Waals surface area contributed by atoms with Gasteiger partial charge in [0.05, 0.1) is 12.7 Å². The summed E-state index contributed by atoms with van der Waals surface area (Å²) >= 11 is 0. The SMILES string of the molecule is CCOC(=O)C(CCC#N)N=Cc1ccccc1C. The first-order valence-corrected chi connectivity index (χ1v) is 6.31. The van der Waals surface area contributed by atoms with E-state index in [1.54, 1.807) is 13.1 Å². The second kappa shape index (κ2) is 8.04. The average Bonchev–Trinajstić information content (AvgIpc) is 2.41. The lowest BCUT2D eigenvalue weighted by Gasteiger charge is -2.09. The Kier molecular flexibility index (Phi) is 6.31. The van der Waals surface area contributed by atoms with Gasteiger partial charge in [-0.1, -0.05) is 24.3 Å². The van der Waals surface area contributed by atoms with Crippen molar-refractivity contribution >= 4 is 12.2 Å². The van der Waals surface area contributed by atoms with Crippen molar-refractivity contribution in [2.75, 3.05) is 6.61 Å². The molecule has 1 aromatic carbocycles. The Morgan fingerprint density at radius 2 is 2.26 bits per heavy atom. The van der Waals surface area contributed by atoms with Crippen molar-refractivity contribution in [2.24, 2.45) is 4.99 Å². The third-order valence-electron chi connectivity index (χ3n) is 2.67. The summed E-state index contributed by atoms with van der Waals surface area (Å²) in [6.45, 7) is 4.06. The number of nitrogens with zero attached hydrogens (tertiary/aromatic N) is 2. The zero-order valence-corrected chi connectivity index (χ0v) is 11.3. The number of aryl methyl sites for hydroxylation is 1. The van der Waals surface area contributed by atoms with Gasteiger partial charge in [-0.3, -0.25) is 4.99 Å². The number of hydrogen-bond donors (Lipinski definition) is 0. The van der Waals surface area contributed by atoms with E-state index in [1.807, 2.05) is 37.3 Å². The van der Waals surface area contributed by atoms with Crippen molar-refractivity contribution in [3.8, 4) is 6.07 Å². The Hall–Kier alpha value is -2.15. The molecule has 4 heteroatoms. The molecule has 0 spiro atoms. The van der Waals surface area contributed by atoms with Crippen LogP contribution in [0.3, 0.4) is 0 Å². The normalized spacial score (nSPS) is 12.1. The molecule has 0 aliphatic rings. The van der Waals surface area contributed by atoms with Crippen LogP contribution in [0.1, 0.15) is 30.9 Å². The molecule has 0 fully saturated rings. The Bertz CT molecular complexity index is 489. The quantitative estimate of drug-likeness (QED) is 0.582. The summed E-state index contributed by atoms with van der Waals surface area (Å²) in [6.07, 6.45) is 2.35. The fraction of sp³-hybridized carbons (Fsp3) is 0.400. The molecule has 0 aliphatic heterocycles. The first-order valence-electron chi connectivity index (χ1n) is 6.31. The standard InChI is InChI=1S/C15H18N2O2/c1-3-19-15(18)14(9-6-10-16)17-11-13-8-5-4-7-12(13)2/h4-5,7-8,11,14H,3,6,9H2,1-2H3. The molecule has 1 aromatic rings. The number of rotatable bonds is 6. The number of hydrogen-bond acceptors (Lipinski definition) is 4. The molecule has 0 N–H and O–H groups in total. The number of carbonyl (C=O) groups is 1. The van der Waals surface area contributed by atoms with Crippen LogP contribution < -0.4 is 0 Å². The topological polar surface area (TPSA) is 62.5 Å². The van der Waals surface area contributed by atoms with Gasteiger partial charge in [0.1, 0.15) is 6.04 Å². The lowest BCUT2D eigenvalue weighted by Crippen LogP contribution is -2.21. The van der Waals surface area contributed by atoms with E-state index in [2.05, 4.69) is 4.99 Å².